The fourth-order valence-electron chi connectivity index (χ4n) is 1.49. The summed E-state index contributed by atoms with van der Waals surface area (Å²) in [5.41, 5.74) is 0. The average Bonchev–Trinajstić information content (AvgIpc) is 2.62. The molecule has 0 saturated carbocycles. The third-order valence-electron chi connectivity index (χ3n) is 2.17. The first kappa shape index (κ1) is 9.73. The van der Waals surface area contributed by atoms with Crippen LogP contribution in [-0.4, -0.2) is 35.4 Å². The van der Waals surface area contributed by atoms with E-state index in [9.17, 15) is 4.79 Å². The van der Waals surface area contributed by atoms with Crippen molar-refractivity contribution in [2.75, 3.05) is 18.9 Å². The van der Waals surface area contributed by atoms with Gasteiger partial charge in [0.1, 0.15) is 5.82 Å². The number of anilines is 1. The Bertz CT molecular complexity index is 354. The lowest BCUT2D eigenvalue weighted by atomic mass is 10.2. The molecule has 0 radical (unpaired) electrons. The van der Waals surface area contributed by atoms with E-state index in [0.29, 0.717) is 10.9 Å². The van der Waals surface area contributed by atoms with E-state index < -0.39 is 0 Å². The maximum Gasteiger partial charge on any atom is 0.224 e. The molecule has 1 amide bonds. The van der Waals surface area contributed by atoms with E-state index in [4.69, 9.17) is 11.6 Å². The van der Waals surface area contributed by atoms with Gasteiger partial charge in [-0.2, -0.15) is 0 Å². The normalized spacial score (nSPS) is 21.7. The van der Waals surface area contributed by atoms with Crippen LogP contribution >= 0.6 is 22.9 Å². The summed E-state index contributed by atoms with van der Waals surface area (Å²) in [4.78, 5) is 17.0. The molecule has 1 aromatic heterocycles. The van der Waals surface area contributed by atoms with E-state index in [1.165, 1.54) is 11.3 Å². The van der Waals surface area contributed by atoms with Gasteiger partial charge in [0.2, 0.25) is 5.91 Å². The van der Waals surface area contributed by atoms with Crippen LogP contribution in [-0.2, 0) is 4.79 Å². The highest BCUT2D eigenvalue weighted by molar-refractivity contribution is 7.14. The van der Waals surface area contributed by atoms with Crippen molar-refractivity contribution in [1.29, 1.82) is 0 Å². The number of likely N-dealkylation sites (tertiary alicyclic amines) is 1. The summed E-state index contributed by atoms with van der Waals surface area (Å²) in [6, 6.07) is 0.158. The molecule has 2 rings (SSSR count). The second-order valence-electron chi connectivity index (χ2n) is 3.31. The Labute approximate surface area is 90.9 Å². The van der Waals surface area contributed by atoms with Gasteiger partial charge in [-0.3, -0.25) is 4.79 Å². The Morgan fingerprint density at radius 1 is 1.79 bits per heavy atom. The van der Waals surface area contributed by atoms with Crippen LogP contribution in [0, 0.1) is 0 Å². The Kier molecular flexibility index (Phi) is 2.60. The Hall–Kier alpha value is -0.810. The number of carbonyl (C=O) groups excluding carboxylic acids is 1. The van der Waals surface area contributed by atoms with Crippen LogP contribution < -0.4 is 5.32 Å². The molecule has 6 heteroatoms. The number of rotatable bonds is 2. The largest absolute Gasteiger partial charge is 0.364 e. The number of hydrogen-bond acceptors (Lipinski definition) is 4. The van der Waals surface area contributed by atoms with Crippen LogP contribution in [0.25, 0.3) is 0 Å². The van der Waals surface area contributed by atoms with Crippen LogP contribution in [0.1, 0.15) is 6.42 Å². The molecule has 4 nitrogen and oxygen atoms in total. The first-order valence-corrected chi connectivity index (χ1v) is 5.52. The van der Waals surface area contributed by atoms with Gasteiger partial charge in [0.25, 0.3) is 0 Å². The molecule has 1 aromatic rings. The lowest BCUT2D eigenvalue weighted by Crippen LogP contribution is -2.24. The molecule has 1 fully saturated rings. The zero-order chi connectivity index (χ0) is 10.1. The number of nitrogens with zero attached hydrogens (tertiary/aromatic N) is 2. The zero-order valence-electron chi connectivity index (χ0n) is 7.66. The quantitative estimate of drug-likeness (QED) is 0.838. The van der Waals surface area contributed by atoms with Gasteiger partial charge < -0.3 is 10.2 Å². The molecule has 0 bridgehead atoms. The predicted octanol–water partition coefficient (Wildman–Crippen LogP) is 1.44. The van der Waals surface area contributed by atoms with Gasteiger partial charge in [0.05, 0.1) is 6.04 Å². The summed E-state index contributed by atoms with van der Waals surface area (Å²) in [6.45, 7) is 0.730. The summed E-state index contributed by atoms with van der Waals surface area (Å²) < 4.78 is 0.519. The molecule has 1 unspecified atom stereocenters. The van der Waals surface area contributed by atoms with E-state index >= 15 is 0 Å². The first-order valence-electron chi connectivity index (χ1n) is 4.26. The number of nitrogens with one attached hydrogen (secondary N) is 1. The molecule has 1 atom stereocenters. The minimum absolute atomic E-state index is 0.158. The van der Waals surface area contributed by atoms with Gasteiger partial charge in [-0.25, -0.2) is 4.98 Å². The second-order valence-corrected chi connectivity index (χ2v) is 4.75. The van der Waals surface area contributed by atoms with Crippen LogP contribution in [0.2, 0.25) is 4.47 Å². The van der Waals surface area contributed by atoms with Gasteiger partial charge in [0, 0.05) is 25.4 Å². The summed E-state index contributed by atoms with van der Waals surface area (Å²) in [7, 11) is 1.80. The van der Waals surface area contributed by atoms with Gasteiger partial charge >= 0.3 is 0 Å². The van der Waals surface area contributed by atoms with E-state index in [0.717, 1.165) is 12.4 Å². The number of likely N-dealkylation sites (N-methyl/N-ethyl adjacent to an activating group) is 1. The average molecular weight is 232 g/mol. The van der Waals surface area contributed by atoms with Gasteiger partial charge in [-0.05, 0) is 0 Å². The number of aromatic nitrogens is 1. The number of halogens is 1. The number of thiazole rings is 1. The van der Waals surface area contributed by atoms with Crippen LogP contribution in [0.4, 0.5) is 5.82 Å². The Morgan fingerprint density at radius 2 is 2.57 bits per heavy atom. The highest BCUT2D eigenvalue weighted by Gasteiger charge is 2.26. The van der Waals surface area contributed by atoms with Crippen LogP contribution in [0.3, 0.4) is 0 Å². The third-order valence-corrected chi connectivity index (χ3v) is 3.15. The second kappa shape index (κ2) is 3.74. The fourth-order valence-corrected chi connectivity index (χ4v) is 2.19. The van der Waals surface area contributed by atoms with Crippen molar-refractivity contribution in [2.24, 2.45) is 0 Å². The fraction of sp³-hybridized carbons (Fsp3) is 0.500. The zero-order valence-corrected chi connectivity index (χ0v) is 9.23. The van der Waals surface area contributed by atoms with Crippen LogP contribution in [0.15, 0.2) is 5.38 Å². The van der Waals surface area contributed by atoms with Gasteiger partial charge in [0.15, 0.2) is 4.47 Å². The van der Waals surface area contributed by atoms with E-state index in [1.54, 1.807) is 11.9 Å². The lowest BCUT2D eigenvalue weighted by Gasteiger charge is -2.10. The van der Waals surface area contributed by atoms with Crippen molar-refractivity contribution in [1.82, 2.24) is 9.88 Å². The molecule has 1 aliphatic heterocycles. The summed E-state index contributed by atoms with van der Waals surface area (Å²) >= 11 is 7.08. The van der Waals surface area contributed by atoms with Crippen LogP contribution in [0.5, 0.6) is 0 Å². The molecule has 1 aliphatic rings. The predicted molar refractivity (Wildman–Crippen MR) is 56.8 cm³/mol. The molecule has 0 spiro atoms. The molecule has 0 aromatic carbocycles. The lowest BCUT2D eigenvalue weighted by molar-refractivity contribution is -0.126. The van der Waals surface area contributed by atoms with E-state index in [1.807, 2.05) is 5.38 Å². The maximum absolute atomic E-state index is 11.2. The van der Waals surface area contributed by atoms with Gasteiger partial charge in [-0.15, -0.1) is 11.3 Å². The molecule has 14 heavy (non-hydrogen) atoms. The van der Waals surface area contributed by atoms with Crippen molar-refractivity contribution < 1.29 is 4.79 Å². The van der Waals surface area contributed by atoms with Crippen molar-refractivity contribution in [3.63, 3.8) is 0 Å². The molecule has 0 aliphatic carbocycles. The summed E-state index contributed by atoms with van der Waals surface area (Å²) in [5.74, 6) is 0.928. The Balaban J connectivity index is 1.96. The first-order chi connectivity index (χ1) is 6.65. The number of carbonyl (C=O) groups is 1. The minimum atomic E-state index is 0.158. The monoisotopic (exact) mass is 231 g/mol. The molecular weight excluding hydrogens is 222 g/mol. The summed E-state index contributed by atoms with van der Waals surface area (Å²) in [6.07, 6.45) is 0.533. The maximum atomic E-state index is 11.2. The minimum Gasteiger partial charge on any atom is -0.364 e. The van der Waals surface area contributed by atoms with Gasteiger partial charge in [-0.1, -0.05) is 11.6 Å². The molecule has 1 N–H and O–H groups in total. The Morgan fingerprint density at radius 3 is 3.07 bits per heavy atom. The van der Waals surface area contributed by atoms with E-state index in [2.05, 4.69) is 10.3 Å². The molecule has 1 saturated heterocycles. The van der Waals surface area contributed by atoms with E-state index in [-0.39, 0.29) is 11.9 Å². The van der Waals surface area contributed by atoms with Crippen molar-refractivity contribution in [3.05, 3.63) is 9.85 Å². The SMILES string of the molecule is CN1CC(Nc2csc(Cl)n2)CC1=O. The number of hydrogen-bond donors (Lipinski definition) is 1. The standard InChI is InChI=1S/C8H10ClN3OS/c1-12-3-5(2-7(12)13)10-6-4-14-8(9)11-6/h4-5,10H,2-3H2,1H3. The molecular formula is C8H10ClN3OS. The van der Waals surface area contributed by atoms with Crippen molar-refractivity contribution in [2.45, 2.75) is 12.5 Å². The molecule has 2 heterocycles. The highest BCUT2D eigenvalue weighted by atomic mass is 35.5. The molecule has 76 valence electrons. The third kappa shape index (κ3) is 1.99. The smallest absolute Gasteiger partial charge is 0.224 e. The van der Waals surface area contributed by atoms with Crippen molar-refractivity contribution >= 4 is 34.7 Å². The van der Waals surface area contributed by atoms with Crippen molar-refractivity contribution in [3.8, 4) is 0 Å². The topological polar surface area (TPSA) is 45.2 Å². The number of amides is 1. The summed E-state index contributed by atoms with van der Waals surface area (Å²) in [5, 5.41) is 5.03. The highest BCUT2D eigenvalue weighted by Crippen LogP contribution is 2.21.